The van der Waals surface area contributed by atoms with Gasteiger partial charge in [-0.2, -0.15) is 0 Å². The first kappa shape index (κ1) is 11.7. The summed E-state index contributed by atoms with van der Waals surface area (Å²) in [5.41, 5.74) is 2.31. The molecule has 0 nitrogen and oxygen atoms in total. The van der Waals surface area contributed by atoms with Crippen LogP contribution < -0.4 is 0 Å². The fourth-order valence-corrected chi connectivity index (χ4v) is 1.37. The lowest BCUT2D eigenvalue weighted by molar-refractivity contribution is 0.359. The van der Waals surface area contributed by atoms with Gasteiger partial charge in [0.1, 0.15) is 0 Å². The highest BCUT2D eigenvalue weighted by atomic mass is 14.3. The predicted octanol–water partition coefficient (Wildman–Crippen LogP) is 4.42. The van der Waals surface area contributed by atoms with Crippen molar-refractivity contribution in [2.24, 2.45) is 10.8 Å². The Kier molecular flexibility index (Phi) is 3.56. The van der Waals surface area contributed by atoms with E-state index in [1.54, 1.807) is 5.57 Å². The second-order valence-electron chi connectivity index (χ2n) is 5.80. The van der Waals surface area contributed by atoms with Crippen molar-refractivity contribution >= 4 is 0 Å². The van der Waals surface area contributed by atoms with Crippen LogP contribution in [0.4, 0.5) is 0 Å². The van der Waals surface area contributed by atoms with Gasteiger partial charge in [0.25, 0.3) is 0 Å². The summed E-state index contributed by atoms with van der Waals surface area (Å²) < 4.78 is 0. The molecule has 0 rings (SSSR count). The Morgan fingerprint density at radius 2 is 1.42 bits per heavy atom. The van der Waals surface area contributed by atoms with Gasteiger partial charge in [-0.3, -0.25) is 0 Å². The maximum Gasteiger partial charge on any atom is -0.0173 e. The van der Waals surface area contributed by atoms with Crippen molar-refractivity contribution in [3.63, 3.8) is 0 Å². The molecule has 0 saturated carbocycles. The molecule has 0 unspecified atom stereocenters. The summed E-state index contributed by atoms with van der Waals surface area (Å²) in [5, 5.41) is 0. The van der Waals surface area contributed by atoms with E-state index in [1.807, 2.05) is 0 Å². The lowest BCUT2D eigenvalue weighted by Crippen LogP contribution is -2.16. The van der Waals surface area contributed by atoms with E-state index < -0.39 is 0 Å². The van der Waals surface area contributed by atoms with E-state index in [9.17, 15) is 0 Å². The van der Waals surface area contributed by atoms with Gasteiger partial charge in [0, 0.05) is 0 Å². The Morgan fingerprint density at radius 3 is 1.50 bits per heavy atom. The molecule has 0 N–H and O–H groups in total. The molecular formula is C12H24. The van der Waals surface area contributed by atoms with E-state index in [0.717, 1.165) is 0 Å². The first-order valence-corrected chi connectivity index (χ1v) is 4.82. The van der Waals surface area contributed by atoms with Gasteiger partial charge in [0.2, 0.25) is 0 Å². The van der Waals surface area contributed by atoms with Crippen LogP contribution in [0.1, 0.15) is 54.9 Å². The second-order valence-corrected chi connectivity index (χ2v) is 5.80. The van der Waals surface area contributed by atoms with Gasteiger partial charge in [-0.05, 0) is 24.2 Å². The zero-order valence-corrected chi connectivity index (χ0v) is 9.78. The third-order valence-electron chi connectivity index (χ3n) is 2.03. The van der Waals surface area contributed by atoms with Crippen LogP contribution in [-0.2, 0) is 0 Å². The van der Waals surface area contributed by atoms with Crippen molar-refractivity contribution in [3.8, 4) is 0 Å². The minimum Gasteiger partial charge on any atom is -0.0879 e. The smallest absolute Gasteiger partial charge is 0.0173 e. The van der Waals surface area contributed by atoms with Gasteiger partial charge in [-0.1, -0.05) is 53.2 Å². The summed E-state index contributed by atoms with van der Waals surface area (Å²) in [6, 6.07) is 0. The standard InChI is InChI=1S/C12H24/c1-8-10(12(5,6)7)9-11(2,3)4/h8H,9H2,1-7H3/b10-8+. The van der Waals surface area contributed by atoms with Gasteiger partial charge in [0.05, 0.1) is 0 Å². The molecule has 0 aromatic carbocycles. The molecule has 12 heavy (non-hydrogen) atoms. The summed E-state index contributed by atoms with van der Waals surface area (Å²) in [5.74, 6) is 0. The average Bonchev–Trinajstić information content (AvgIpc) is 1.78. The lowest BCUT2D eigenvalue weighted by Gasteiger charge is -2.29. The van der Waals surface area contributed by atoms with E-state index in [1.165, 1.54) is 6.42 Å². The largest absolute Gasteiger partial charge is 0.0879 e. The van der Waals surface area contributed by atoms with Crippen molar-refractivity contribution in [1.82, 2.24) is 0 Å². The quantitative estimate of drug-likeness (QED) is 0.509. The van der Waals surface area contributed by atoms with Crippen LogP contribution in [0.15, 0.2) is 11.6 Å². The molecule has 72 valence electrons. The zero-order valence-electron chi connectivity index (χ0n) is 9.78. The molecule has 0 atom stereocenters. The zero-order chi connectivity index (χ0) is 9.99. The lowest BCUT2D eigenvalue weighted by atomic mass is 9.77. The molecule has 0 aliphatic heterocycles. The second kappa shape index (κ2) is 3.64. The molecule has 0 amide bonds. The molecule has 0 heterocycles. The molecule has 0 aliphatic carbocycles. The van der Waals surface area contributed by atoms with Gasteiger partial charge in [-0.25, -0.2) is 0 Å². The summed E-state index contributed by atoms with van der Waals surface area (Å²) in [7, 11) is 0. The van der Waals surface area contributed by atoms with Crippen LogP contribution in [0, 0.1) is 10.8 Å². The summed E-state index contributed by atoms with van der Waals surface area (Å²) in [6.45, 7) is 15.9. The first-order chi connectivity index (χ1) is 5.17. The van der Waals surface area contributed by atoms with Crippen molar-refractivity contribution in [2.75, 3.05) is 0 Å². The molecule has 0 heteroatoms. The molecule has 0 fully saturated rings. The van der Waals surface area contributed by atoms with Crippen LogP contribution >= 0.6 is 0 Å². The Morgan fingerprint density at radius 1 is 1.00 bits per heavy atom. The van der Waals surface area contributed by atoms with Crippen molar-refractivity contribution < 1.29 is 0 Å². The van der Waals surface area contributed by atoms with Gasteiger partial charge in [0.15, 0.2) is 0 Å². The van der Waals surface area contributed by atoms with Crippen LogP contribution in [-0.4, -0.2) is 0 Å². The van der Waals surface area contributed by atoms with E-state index >= 15 is 0 Å². The molecule has 0 aliphatic rings. The van der Waals surface area contributed by atoms with Crippen LogP contribution in [0.25, 0.3) is 0 Å². The number of hydrogen-bond acceptors (Lipinski definition) is 0. The topological polar surface area (TPSA) is 0 Å². The van der Waals surface area contributed by atoms with Gasteiger partial charge < -0.3 is 0 Å². The summed E-state index contributed by atoms with van der Waals surface area (Å²) in [6.07, 6.45) is 3.47. The number of allylic oxidation sites excluding steroid dienone is 2. The van der Waals surface area contributed by atoms with E-state index in [-0.39, 0.29) is 0 Å². The maximum atomic E-state index is 2.29. The van der Waals surface area contributed by atoms with Crippen LogP contribution in [0.5, 0.6) is 0 Å². The molecular weight excluding hydrogens is 144 g/mol. The van der Waals surface area contributed by atoms with Crippen LogP contribution in [0.3, 0.4) is 0 Å². The number of hydrogen-bond donors (Lipinski definition) is 0. The summed E-state index contributed by atoms with van der Waals surface area (Å²) >= 11 is 0. The molecule has 0 bridgehead atoms. The van der Waals surface area contributed by atoms with Crippen molar-refractivity contribution in [3.05, 3.63) is 11.6 Å². The highest BCUT2D eigenvalue weighted by Crippen LogP contribution is 2.34. The predicted molar refractivity (Wildman–Crippen MR) is 57.3 cm³/mol. The van der Waals surface area contributed by atoms with Gasteiger partial charge >= 0.3 is 0 Å². The van der Waals surface area contributed by atoms with E-state index in [2.05, 4.69) is 54.5 Å². The maximum absolute atomic E-state index is 2.29. The Bertz CT molecular complexity index is 159. The third-order valence-corrected chi connectivity index (χ3v) is 2.03. The SMILES string of the molecule is C/C=C(\CC(C)(C)C)C(C)(C)C. The average molecular weight is 168 g/mol. The Balaban J connectivity index is 4.43. The Labute approximate surface area is 78.1 Å². The Hall–Kier alpha value is -0.260. The third kappa shape index (κ3) is 4.58. The van der Waals surface area contributed by atoms with E-state index in [4.69, 9.17) is 0 Å². The minimum absolute atomic E-state index is 0.335. The minimum atomic E-state index is 0.335. The normalized spacial score (nSPS) is 15.1. The van der Waals surface area contributed by atoms with E-state index in [0.29, 0.717) is 10.8 Å². The van der Waals surface area contributed by atoms with Crippen molar-refractivity contribution in [1.29, 1.82) is 0 Å². The monoisotopic (exact) mass is 168 g/mol. The fourth-order valence-electron chi connectivity index (χ4n) is 1.37. The fraction of sp³-hybridized carbons (Fsp3) is 0.833. The molecule has 0 aromatic heterocycles. The highest BCUT2D eigenvalue weighted by Gasteiger charge is 2.21. The van der Waals surface area contributed by atoms with Gasteiger partial charge in [-0.15, -0.1) is 0 Å². The molecule has 0 radical (unpaired) electrons. The molecule has 0 saturated heterocycles. The number of rotatable bonds is 1. The summed E-state index contributed by atoms with van der Waals surface area (Å²) in [4.78, 5) is 0. The first-order valence-electron chi connectivity index (χ1n) is 4.82. The van der Waals surface area contributed by atoms with Crippen molar-refractivity contribution in [2.45, 2.75) is 54.9 Å². The highest BCUT2D eigenvalue weighted by molar-refractivity contribution is 5.11. The van der Waals surface area contributed by atoms with Crippen LogP contribution in [0.2, 0.25) is 0 Å². The molecule has 0 aromatic rings. The molecule has 0 spiro atoms.